The van der Waals surface area contributed by atoms with Crippen molar-refractivity contribution in [2.75, 3.05) is 31.3 Å². The molecule has 10 nitrogen and oxygen atoms in total. The SMILES string of the molecule is CC1(C)Cc2cnc(N)nc2-c2n[nH]c(C(=O)Cc3ccc(C(=O)N4CCC(CC(=O)OCCCl)CC4)cc3)c21. The molecule has 3 N–H and O–H groups in total. The zero-order chi connectivity index (χ0) is 28.4. The number of piperidine rings is 1. The molecule has 1 aliphatic heterocycles. The van der Waals surface area contributed by atoms with Crippen molar-refractivity contribution in [3.05, 3.63) is 58.4 Å². The van der Waals surface area contributed by atoms with Crippen molar-refractivity contribution in [3.63, 3.8) is 0 Å². The van der Waals surface area contributed by atoms with Gasteiger partial charge < -0.3 is 15.4 Å². The van der Waals surface area contributed by atoms with Crippen LogP contribution >= 0.6 is 11.6 Å². The average molecular weight is 565 g/mol. The second-order valence-corrected chi connectivity index (χ2v) is 11.5. The van der Waals surface area contributed by atoms with E-state index in [1.807, 2.05) is 17.0 Å². The number of alkyl halides is 1. The monoisotopic (exact) mass is 564 g/mol. The molecular weight excluding hydrogens is 532 g/mol. The van der Waals surface area contributed by atoms with E-state index in [2.05, 4.69) is 34.0 Å². The predicted octanol–water partition coefficient (Wildman–Crippen LogP) is 3.73. The molecule has 1 fully saturated rings. The number of carbonyl (C=O) groups is 3. The molecule has 0 radical (unpaired) electrons. The van der Waals surface area contributed by atoms with E-state index in [1.165, 1.54) is 0 Å². The largest absolute Gasteiger partial charge is 0.464 e. The first kappa shape index (κ1) is 27.8. The minimum Gasteiger partial charge on any atom is -0.464 e. The van der Waals surface area contributed by atoms with E-state index in [4.69, 9.17) is 22.1 Å². The molecule has 11 heteroatoms. The Morgan fingerprint density at radius 3 is 2.58 bits per heavy atom. The highest BCUT2D eigenvalue weighted by atomic mass is 35.5. The highest BCUT2D eigenvalue weighted by Crippen LogP contribution is 2.43. The van der Waals surface area contributed by atoms with Gasteiger partial charge in [0.1, 0.15) is 18.0 Å². The second-order valence-electron chi connectivity index (χ2n) is 11.1. The number of rotatable bonds is 8. The van der Waals surface area contributed by atoms with Crippen molar-refractivity contribution in [2.45, 2.75) is 51.4 Å². The fourth-order valence-corrected chi connectivity index (χ4v) is 5.78. The third-order valence-corrected chi connectivity index (χ3v) is 7.88. The van der Waals surface area contributed by atoms with Gasteiger partial charge in [0.15, 0.2) is 5.78 Å². The summed E-state index contributed by atoms with van der Waals surface area (Å²) in [5.41, 5.74) is 10.4. The number of amides is 1. The van der Waals surface area contributed by atoms with E-state index in [0.717, 1.165) is 29.5 Å². The molecule has 0 unspecified atom stereocenters. The summed E-state index contributed by atoms with van der Waals surface area (Å²) in [4.78, 5) is 48.6. The number of benzene rings is 1. The third-order valence-electron chi connectivity index (χ3n) is 7.72. The zero-order valence-corrected chi connectivity index (χ0v) is 23.5. The lowest BCUT2D eigenvalue weighted by molar-refractivity contribution is -0.144. The number of Topliss-reactive ketones (excluding diaryl/α,β-unsaturated/α-hetero) is 1. The molecule has 40 heavy (non-hydrogen) atoms. The average Bonchev–Trinajstić information content (AvgIpc) is 3.40. The summed E-state index contributed by atoms with van der Waals surface area (Å²) in [5, 5.41) is 7.40. The molecule has 5 rings (SSSR count). The number of aromatic nitrogens is 4. The Morgan fingerprint density at radius 1 is 1.15 bits per heavy atom. The Kier molecular flexibility index (Phi) is 7.89. The number of carbonyl (C=O) groups excluding carboxylic acids is 3. The summed E-state index contributed by atoms with van der Waals surface area (Å²) in [6.07, 6.45) is 4.42. The van der Waals surface area contributed by atoms with Gasteiger partial charge in [-0.15, -0.1) is 11.6 Å². The number of ketones is 1. The minimum atomic E-state index is -0.339. The lowest BCUT2D eigenvalue weighted by Crippen LogP contribution is -2.39. The number of nitrogen functional groups attached to an aromatic ring is 1. The molecule has 0 bridgehead atoms. The van der Waals surface area contributed by atoms with Crippen molar-refractivity contribution in [1.82, 2.24) is 25.1 Å². The van der Waals surface area contributed by atoms with Crippen molar-refractivity contribution in [2.24, 2.45) is 5.92 Å². The van der Waals surface area contributed by atoms with Crippen LogP contribution in [0.4, 0.5) is 5.95 Å². The summed E-state index contributed by atoms with van der Waals surface area (Å²) in [6.45, 7) is 5.56. The van der Waals surface area contributed by atoms with E-state index in [-0.39, 0.29) is 53.8 Å². The molecule has 2 aliphatic rings. The molecule has 1 aromatic carbocycles. The second kappa shape index (κ2) is 11.4. The van der Waals surface area contributed by atoms with E-state index in [1.54, 1.807) is 18.3 Å². The molecule has 3 heterocycles. The molecule has 0 spiro atoms. The van der Waals surface area contributed by atoms with Crippen molar-refractivity contribution < 1.29 is 19.1 Å². The highest BCUT2D eigenvalue weighted by Gasteiger charge is 2.38. The van der Waals surface area contributed by atoms with Crippen LogP contribution in [0.3, 0.4) is 0 Å². The number of nitrogens with one attached hydrogen (secondary N) is 1. The van der Waals surface area contributed by atoms with Gasteiger partial charge in [0, 0.05) is 43.3 Å². The van der Waals surface area contributed by atoms with Gasteiger partial charge in [-0.1, -0.05) is 26.0 Å². The van der Waals surface area contributed by atoms with Gasteiger partial charge in [-0.2, -0.15) is 5.10 Å². The van der Waals surface area contributed by atoms with E-state index in [9.17, 15) is 14.4 Å². The first-order chi connectivity index (χ1) is 19.2. The number of halogens is 1. The number of hydrogen-bond donors (Lipinski definition) is 2. The maximum atomic E-state index is 13.4. The van der Waals surface area contributed by atoms with Gasteiger partial charge in [0.2, 0.25) is 5.95 Å². The zero-order valence-electron chi connectivity index (χ0n) is 22.7. The number of ether oxygens (including phenoxy) is 1. The number of likely N-dealkylation sites (tertiary alicyclic amines) is 1. The number of hydrogen-bond acceptors (Lipinski definition) is 8. The van der Waals surface area contributed by atoms with Crippen LogP contribution in [0, 0.1) is 5.92 Å². The Hall–Kier alpha value is -3.79. The maximum absolute atomic E-state index is 13.4. The molecule has 1 amide bonds. The minimum absolute atomic E-state index is 0.0506. The molecule has 210 valence electrons. The van der Waals surface area contributed by atoms with E-state index >= 15 is 0 Å². The smallest absolute Gasteiger partial charge is 0.306 e. The normalized spacial score (nSPS) is 16.2. The van der Waals surface area contributed by atoms with Gasteiger partial charge >= 0.3 is 5.97 Å². The topological polar surface area (TPSA) is 144 Å². The Balaban J connectivity index is 1.22. The number of fused-ring (bicyclic) bond motifs is 3. The maximum Gasteiger partial charge on any atom is 0.306 e. The number of H-pyrrole nitrogens is 1. The summed E-state index contributed by atoms with van der Waals surface area (Å²) in [7, 11) is 0. The Labute approximate surface area is 237 Å². The van der Waals surface area contributed by atoms with Crippen LogP contribution in [0.15, 0.2) is 30.5 Å². The molecule has 0 saturated carbocycles. The lowest BCUT2D eigenvalue weighted by Gasteiger charge is -2.31. The van der Waals surface area contributed by atoms with Crippen LogP contribution in [0.25, 0.3) is 11.4 Å². The van der Waals surface area contributed by atoms with Crippen LogP contribution < -0.4 is 5.73 Å². The number of aromatic amines is 1. The lowest BCUT2D eigenvalue weighted by atomic mass is 9.72. The number of nitrogens with zero attached hydrogens (tertiary/aromatic N) is 4. The van der Waals surface area contributed by atoms with Crippen molar-refractivity contribution >= 4 is 35.2 Å². The first-order valence-corrected chi connectivity index (χ1v) is 14.0. The quantitative estimate of drug-likeness (QED) is 0.239. The van der Waals surface area contributed by atoms with E-state index < -0.39 is 0 Å². The van der Waals surface area contributed by atoms with Crippen LogP contribution in [0.5, 0.6) is 0 Å². The van der Waals surface area contributed by atoms with Crippen LogP contribution in [-0.4, -0.2) is 68.3 Å². The molecule has 1 saturated heterocycles. The number of nitrogens with two attached hydrogens (primary N) is 1. The number of anilines is 1. The number of esters is 1. The summed E-state index contributed by atoms with van der Waals surface area (Å²) < 4.78 is 5.07. The highest BCUT2D eigenvalue weighted by molar-refractivity contribution is 6.18. The Bertz CT molecular complexity index is 1430. The third kappa shape index (κ3) is 5.72. The fraction of sp³-hybridized carbons (Fsp3) is 0.448. The van der Waals surface area contributed by atoms with Crippen LogP contribution in [-0.2, 0) is 27.8 Å². The standard InChI is InChI=1S/C29H33ClN6O4/c1-29(2)15-20-16-32-28(31)33-24(20)26-23(29)25(34-35-26)21(37)13-17-3-5-19(6-4-17)27(39)36-10-7-18(8-11-36)14-22(38)40-12-9-30/h3-6,16,18H,7-15H2,1-2H3,(H,34,35)(H2,31,32,33). The van der Waals surface area contributed by atoms with Crippen molar-refractivity contribution in [3.8, 4) is 11.4 Å². The van der Waals surface area contributed by atoms with Gasteiger partial charge in [-0.25, -0.2) is 9.97 Å². The van der Waals surface area contributed by atoms with Gasteiger partial charge in [0.25, 0.3) is 5.91 Å². The first-order valence-electron chi connectivity index (χ1n) is 13.5. The van der Waals surface area contributed by atoms with Gasteiger partial charge in [0.05, 0.1) is 11.6 Å². The summed E-state index contributed by atoms with van der Waals surface area (Å²) in [5.74, 6) is 0.288. The summed E-state index contributed by atoms with van der Waals surface area (Å²) in [6, 6.07) is 7.18. The van der Waals surface area contributed by atoms with Crippen molar-refractivity contribution in [1.29, 1.82) is 0 Å². The van der Waals surface area contributed by atoms with E-state index in [0.29, 0.717) is 48.6 Å². The molecule has 3 aromatic rings. The Morgan fingerprint density at radius 2 is 1.88 bits per heavy atom. The van der Waals surface area contributed by atoms with Crippen LogP contribution in [0.2, 0.25) is 0 Å². The fourth-order valence-electron chi connectivity index (χ4n) is 5.70. The van der Waals surface area contributed by atoms with Crippen LogP contribution in [0.1, 0.15) is 70.6 Å². The molecular formula is C29H33ClN6O4. The molecule has 1 aliphatic carbocycles. The predicted molar refractivity (Wildman–Crippen MR) is 150 cm³/mol. The summed E-state index contributed by atoms with van der Waals surface area (Å²) >= 11 is 5.56. The molecule has 0 atom stereocenters. The molecule has 2 aromatic heterocycles. The van der Waals surface area contributed by atoms with Gasteiger partial charge in [-0.05, 0) is 53.9 Å². The van der Waals surface area contributed by atoms with Gasteiger partial charge in [-0.3, -0.25) is 19.5 Å².